The lowest BCUT2D eigenvalue weighted by molar-refractivity contribution is -0.108. The van der Waals surface area contributed by atoms with Gasteiger partial charge in [0.05, 0.1) is 0 Å². The van der Waals surface area contributed by atoms with Crippen molar-refractivity contribution in [3.63, 3.8) is 0 Å². The van der Waals surface area contributed by atoms with Gasteiger partial charge in [0.2, 0.25) is 0 Å². The molecule has 0 aromatic heterocycles. The van der Waals surface area contributed by atoms with E-state index in [-0.39, 0.29) is 6.04 Å². The van der Waals surface area contributed by atoms with Gasteiger partial charge in [-0.2, -0.15) is 0 Å². The molecule has 0 saturated heterocycles. The molecule has 1 atom stereocenters. The van der Waals surface area contributed by atoms with E-state index in [9.17, 15) is 4.79 Å². The van der Waals surface area contributed by atoms with Gasteiger partial charge in [-0.25, -0.2) is 0 Å². The summed E-state index contributed by atoms with van der Waals surface area (Å²) in [4.78, 5) is 9.86. The zero-order chi connectivity index (χ0) is 7.11. The second-order valence-corrected chi connectivity index (χ2v) is 1.94. The molecular weight excluding hydrogens is 118 g/mol. The van der Waals surface area contributed by atoms with E-state index in [0.29, 0.717) is 13.0 Å². The van der Waals surface area contributed by atoms with Crippen LogP contribution in [-0.4, -0.2) is 26.0 Å². The van der Waals surface area contributed by atoms with Crippen molar-refractivity contribution in [2.75, 3.05) is 13.7 Å². The summed E-state index contributed by atoms with van der Waals surface area (Å²) in [7, 11) is 1.62. The smallest absolute Gasteiger partial charge is 0.121 e. The van der Waals surface area contributed by atoms with Crippen molar-refractivity contribution in [2.24, 2.45) is 5.73 Å². The van der Waals surface area contributed by atoms with Gasteiger partial charge >= 0.3 is 0 Å². The van der Waals surface area contributed by atoms with Crippen molar-refractivity contribution in [1.29, 1.82) is 0 Å². The molecule has 0 amide bonds. The van der Waals surface area contributed by atoms with E-state index in [4.69, 9.17) is 10.5 Å². The molecule has 0 aliphatic rings. The predicted molar refractivity (Wildman–Crippen MR) is 35.1 cm³/mol. The zero-order valence-electron chi connectivity index (χ0n) is 5.67. The largest absolute Gasteiger partial charge is 0.385 e. The Labute approximate surface area is 55.2 Å². The number of ether oxygens (including phenoxy) is 1. The maximum atomic E-state index is 9.86. The first kappa shape index (κ1) is 8.59. The molecule has 0 aliphatic heterocycles. The van der Waals surface area contributed by atoms with Gasteiger partial charge in [-0.1, -0.05) is 0 Å². The summed E-state index contributed by atoms with van der Waals surface area (Å²) in [5.41, 5.74) is 5.46. The molecule has 9 heavy (non-hydrogen) atoms. The minimum absolute atomic E-state index is 0.0255. The summed E-state index contributed by atoms with van der Waals surface area (Å²) in [6, 6.07) is -0.0255. The van der Waals surface area contributed by atoms with Crippen molar-refractivity contribution < 1.29 is 9.53 Å². The van der Waals surface area contributed by atoms with Crippen LogP contribution in [0.4, 0.5) is 0 Å². The van der Waals surface area contributed by atoms with Gasteiger partial charge in [0, 0.05) is 26.2 Å². The van der Waals surface area contributed by atoms with Crippen molar-refractivity contribution in [3.8, 4) is 0 Å². The predicted octanol–water partition coefficient (Wildman–Crippen LogP) is -0.0608. The molecule has 0 aromatic carbocycles. The Morgan fingerprint density at radius 1 is 1.78 bits per heavy atom. The molecule has 0 rings (SSSR count). The van der Waals surface area contributed by atoms with Crippen molar-refractivity contribution in [3.05, 3.63) is 0 Å². The van der Waals surface area contributed by atoms with Crippen LogP contribution in [0.3, 0.4) is 0 Å². The maximum absolute atomic E-state index is 9.86. The van der Waals surface area contributed by atoms with E-state index in [1.807, 2.05) is 0 Å². The number of carbonyl (C=O) groups excluding carboxylic acids is 1. The molecule has 0 spiro atoms. The summed E-state index contributed by atoms with van der Waals surface area (Å²) in [5.74, 6) is 0. The molecule has 3 nitrogen and oxygen atoms in total. The average molecular weight is 131 g/mol. The molecule has 2 N–H and O–H groups in total. The molecule has 1 unspecified atom stereocenters. The molecule has 0 radical (unpaired) electrons. The topological polar surface area (TPSA) is 52.3 Å². The maximum Gasteiger partial charge on any atom is 0.121 e. The summed E-state index contributed by atoms with van der Waals surface area (Å²) in [5, 5.41) is 0. The number of hydrogen-bond donors (Lipinski definition) is 1. The Hall–Kier alpha value is -0.410. The molecule has 0 fully saturated rings. The first-order chi connectivity index (χ1) is 4.31. The summed E-state index contributed by atoms with van der Waals surface area (Å²) in [6.07, 6.45) is 2.03. The first-order valence-corrected chi connectivity index (χ1v) is 2.99. The van der Waals surface area contributed by atoms with Crippen molar-refractivity contribution >= 4 is 6.29 Å². The van der Waals surface area contributed by atoms with E-state index in [0.717, 1.165) is 12.7 Å². The summed E-state index contributed by atoms with van der Waals surface area (Å²) in [6.45, 7) is 0.634. The number of rotatable bonds is 5. The number of carbonyl (C=O) groups is 1. The molecule has 0 bridgehead atoms. The fourth-order valence-electron chi connectivity index (χ4n) is 0.511. The molecule has 0 saturated carbocycles. The van der Waals surface area contributed by atoms with Crippen LogP contribution in [0.2, 0.25) is 0 Å². The van der Waals surface area contributed by atoms with Crippen LogP contribution in [-0.2, 0) is 9.53 Å². The van der Waals surface area contributed by atoms with E-state index < -0.39 is 0 Å². The highest BCUT2D eigenvalue weighted by molar-refractivity contribution is 5.50. The fraction of sp³-hybridized carbons (Fsp3) is 0.833. The molecule has 0 aromatic rings. The standard InChI is InChI=1S/C6H13NO2/c1-9-5-3-6(7)2-4-8/h4,6H,2-3,5,7H2,1H3. The number of aldehydes is 1. The van der Waals surface area contributed by atoms with Crippen molar-refractivity contribution in [1.82, 2.24) is 0 Å². The lowest BCUT2D eigenvalue weighted by Crippen LogP contribution is -2.21. The van der Waals surface area contributed by atoms with Gasteiger partial charge in [-0.05, 0) is 6.42 Å². The van der Waals surface area contributed by atoms with Crippen LogP contribution < -0.4 is 5.73 Å². The van der Waals surface area contributed by atoms with Crippen LogP contribution in [0.5, 0.6) is 0 Å². The van der Waals surface area contributed by atoms with E-state index in [2.05, 4.69) is 0 Å². The Morgan fingerprint density at radius 3 is 2.89 bits per heavy atom. The van der Waals surface area contributed by atoms with Crippen LogP contribution in [0.15, 0.2) is 0 Å². The van der Waals surface area contributed by atoms with Gasteiger partial charge in [0.15, 0.2) is 0 Å². The van der Waals surface area contributed by atoms with Crippen LogP contribution in [0.1, 0.15) is 12.8 Å². The van der Waals surface area contributed by atoms with Gasteiger partial charge in [0.1, 0.15) is 6.29 Å². The lowest BCUT2D eigenvalue weighted by atomic mass is 10.2. The normalized spacial score (nSPS) is 13.1. The second-order valence-electron chi connectivity index (χ2n) is 1.94. The van der Waals surface area contributed by atoms with Gasteiger partial charge < -0.3 is 15.3 Å². The SMILES string of the molecule is COCCC(N)CC=O. The minimum atomic E-state index is -0.0255. The monoisotopic (exact) mass is 131 g/mol. The van der Waals surface area contributed by atoms with E-state index >= 15 is 0 Å². The Kier molecular flexibility index (Phi) is 5.46. The van der Waals surface area contributed by atoms with Crippen LogP contribution in [0.25, 0.3) is 0 Å². The average Bonchev–Trinajstić information content (AvgIpc) is 1.85. The first-order valence-electron chi connectivity index (χ1n) is 2.99. The third kappa shape index (κ3) is 5.46. The second kappa shape index (κ2) is 5.72. The third-order valence-electron chi connectivity index (χ3n) is 1.09. The quantitative estimate of drug-likeness (QED) is 0.532. The van der Waals surface area contributed by atoms with Crippen LogP contribution >= 0.6 is 0 Å². The third-order valence-corrected chi connectivity index (χ3v) is 1.09. The molecule has 0 heterocycles. The molecule has 54 valence electrons. The van der Waals surface area contributed by atoms with Gasteiger partial charge in [-0.3, -0.25) is 0 Å². The summed E-state index contributed by atoms with van der Waals surface area (Å²) < 4.78 is 4.76. The minimum Gasteiger partial charge on any atom is -0.385 e. The Balaban J connectivity index is 3.04. The van der Waals surface area contributed by atoms with E-state index in [1.54, 1.807) is 7.11 Å². The highest BCUT2D eigenvalue weighted by Gasteiger charge is 1.98. The number of nitrogens with two attached hydrogens (primary N) is 1. The molecule has 3 heteroatoms. The summed E-state index contributed by atoms with van der Waals surface area (Å²) >= 11 is 0. The lowest BCUT2D eigenvalue weighted by Gasteiger charge is -2.04. The highest BCUT2D eigenvalue weighted by Crippen LogP contribution is 1.90. The Bertz CT molecular complexity index is 75.5. The molecular formula is C6H13NO2. The number of methoxy groups -OCH3 is 1. The van der Waals surface area contributed by atoms with Gasteiger partial charge in [-0.15, -0.1) is 0 Å². The zero-order valence-corrected chi connectivity index (χ0v) is 5.67. The Morgan fingerprint density at radius 2 is 2.44 bits per heavy atom. The highest BCUT2D eigenvalue weighted by atomic mass is 16.5. The molecule has 0 aliphatic carbocycles. The van der Waals surface area contributed by atoms with Gasteiger partial charge in [0.25, 0.3) is 0 Å². The number of hydrogen-bond acceptors (Lipinski definition) is 3. The van der Waals surface area contributed by atoms with Crippen molar-refractivity contribution in [2.45, 2.75) is 18.9 Å². The fourth-order valence-corrected chi connectivity index (χ4v) is 0.511. The van der Waals surface area contributed by atoms with E-state index in [1.165, 1.54) is 0 Å². The van der Waals surface area contributed by atoms with Crippen LogP contribution in [0, 0.1) is 0 Å².